The van der Waals surface area contributed by atoms with Crippen molar-refractivity contribution in [3.05, 3.63) is 87.5 Å². The van der Waals surface area contributed by atoms with Crippen LogP contribution in [-0.4, -0.2) is 16.6 Å². The molecule has 2 aromatic carbocycles. The topological polar surface area (TPSA) is 80.1 Å². The van der Waals surface area contributed by atoms with Gasteiger partial charge in [-0.25, -0.2) is 4.98 Å². The molecule has 6 nitrogen and oxygen atoms in total. The standard InChI is InChI=1S/C26H27N3O3/c1-5-31-15-19-7-6-17(3)22(12-19)29-26-28-14-23(32-26)20-10-16(2)11-21(13-20)24-18(4)8-9-27-25(24)30/h6-14H,5,15H2,1-4H3,(H,27,30)(H,28,29). The molecule has 0 radical (unpaired) electrons. The van der Waals surface area contributed by atoms with Gasteiger partial charge in [-0.2, -0.15) is 0 Å². The Morgan fingerprint density at radius 1 is 1.03 bits per heavy atom. The average molecular weight is 430 g/mol. The number of hydrogen-bond donors (Lipinski definition) is 2. The van der Waals surface area contributed by atoms with E-state index in [2.05, 4.69) is 21.4 Å². The second kappa shape index (κ2) is 9.24. The SMILES string of the molecule is CCOCc1ccc(C)c(Nc2ncc(-c3cc(C)cc(-c4c(C)cc[nH]c4=O)c3)o2)c1. The number of nitrogens with zero attached hydrogens (tertiary/aromatic N) is 1. The van der Waals surface area contributed by atoms with E-state index in [-0.39, 0.29) is 5.56 Å². The van der Waals surface area contributed by atoms with E-state index in [1.807, 2.05) is 64.1 Å². The molecule has 0 fully saturated rings. The highest BCUT2D eigenvalue weighted by atomic mass is 16.5. The molecule has 32 heavy (non-hydrogen) atoms. The van der Waals surface area contributed by atoms with Crippen molar-refractivity contribution in [3.63, 3.8) is 0 Å². The number of nitrogens with one attached hydrogen (secondary N) is 2. The van der Waals surface area contributed by atoms with E-state index in [0.717, 1.165) is 39.1 Å². The van der Waals surface area contributed by atoms with Crippen LogP contribution < -0.4 is 10.9 Å². The third kappa shape index (κ3) is 4.65. The van der Waals surface area contributed by atoms with E-state index in [9.17, 15) is 4.79 Å². The molecule has 0 spiro atoms. The van der Waals surface area contributed by atoms with Gasteiger partial charge in [0.1, 0.15) is 0 Å². The van der Waals surface area contributed by atoms with Gasteiger partial charge < -0.3 is 19.5 Å². The molecule has 0 unspecified atom stereocenters. The molecule has 0 saturated carbocycles. The second-order valence-corrected chi connectivity index (χ2v) is 7.89. The van der Waals surface area contributed by atoms with Gasteiger partial charge in [0.05, 0.1) is 12.8 Å². The molecule has 164 valence electrons. The quantitative estimate of drug-likeness (QED) is 0.382. The van der Waals surface area contributed by atoms with E-state index in [0.29, 0.717) is 30.6 Å². The lowest BCUT2D eigenvalue weighted by Gasteiger charge is -2.10. The molecule has 2 heterocycles. The highest BCUT2D eigenvalue weighted by Crippen LogP contribution is 2.30. The number of pyridine rings is 1. The lowest BCUT2D eigenvalue weighted by atomic mass is 9.97. The van der Waals surface area contributed by atoms with Crippen LogP contribution in [0.1, 0.15) is 29.2 Å². The Kier molecular flexibility index (Phi) is 6.23. The van der Waals surface area contributed by atoms with Crippen LogP contribution in [0.5, 0.6) is 0 Å². The number of aromatic amines is 1. The molecule has 0 aliphatic carbocycles. The fourth-order valence-corrected chi connectivity index (χ4v) is 3.70. The first-order valence-electron chi connectivity index (χ1n) is 10.7. The molecule has 4 aromatic rings. The van der Waals surface area contributed by atoms with Crippen molar-refractivity contribution < 1.29 is 9.15 Å². The van der Waals surface area contributed by atoms with Crippen LogP contribution in [0.2, 0.25) is 0 Å². The zero-order valence-corrected chi connectivity index (χ0v) is 18.8. The zero-order valence-electron chi connectivity index (χ0n) is 18.8. The molecular formula is C26H27N3O3. The third-order valence-corrected chi connectivity index (χ3v) is 5.34. The first-order chi connectivity index (χ1) is 15.4. The van der Waals surface area contributed by atoms with Gasteiger partial charge in [-0.1, -0.05) is 18.2 Å². The summed E-state index contributed by atoms with van der Waals surface area (Å²) in [5.74, 6) is 0.630. The van der Waals surface area contributed by atoms with Crippen LogP contribution in [0.4, 0.5) is 11.7 Å². The molecule has 0 bridgehead atoms. The number of aromatic nitrogens is 2. The molecular weight excluding hydrogens is 402 g/mol. The minimum Gasteiger partial charge on any atom is -0.423 e. The number of anilines is 2. The van der Waals surface area contributed by atoms with Crippen molar-refractivity contribution in [2.75, 3.05) is 11.9 Å². The largest absolute Gasteiger partial charge is 0.423 e. The molecule has 0 amide bonds. The molecule has 0 atom stereocenters. The fourth-order valence-electron chi connectivity index (χ4n) is 3.70. The van der Waals surface area contributed by atoms with Crippen molar-refractivity contribution in [2.24, 2.45) is 0 Å². The number of rotatable bonds is 7. The molecule has 0 aliphatic heterocycles. The number of benzene rings is 2. The Bertz CT molecular complexity index is 1300. The lowest BCUT2D eigenvalue weighted by molar-refractivity contribution is 0.134. The Morgan fingerprint density at radius 3 is 2.62 bits per heavy atom. The minimum atomic E-state index is -0.108. The summed E-state index contributed by atoms with van der Waals surface area (Å²) in [4.78, 5) is 19.6. The van der Waals surface area contributed by atoms with E-state index in [4.69, 9.17) is 9.15 Å². The maximum atomic E-state index is 12.4. The maximum absolute atomic E-state index is 12.4. The average Bonchev–Trinajstić information content (AvgIpc) is 3.22. The van der Waals surface area contributed by atoms with E-state index < -0.39 is 0 Å². The normalized spacial score (nSPS) is 11.0. The van der Waals surface area contributed by atoms with Crippen LogP contribution in [0.25, 0.3) is 22.5 Å². The van der Waals surface area contributed by atoms with Gasteiger partial charge in [0.2, 0.25) is 0 Å². The van der Waals surface area contributed by atoms with Crippen LogP contribution >= 0.6 is 0 Å². The summed E-state index contributed by atoms with van der Waals surface area (Å²) in [6.07, 6.45) is 3.36. The Morgan fingerprint density at radius 2 is 1.84 bits per heavy atom. The number of H-pyrrole nitrogens is 1. The third-order valence-electron chi connectivity index (χ3n) is 5.34. The van der Waals surface area contributed by atoms with Crippen LogP contribution in [0.3, 0.4) is 0 Å². The summed E-state index contributed by atoms with van der Waals surface area (Å²) in [5, 5.41) is 3.27. The minimum absolute atomic E-state index is 0.108. The highest BCUT2D eigenvalue weighted by Gasteiger charge is 2.13. The van der Waals surface area contributed by atoms with Crippen molar-refractivity contribution in [3.8, 4) is 22.5 Å². The van der Waals surface area contributed by atoms with Crippen molar-refractivity contribution in [2.45, 2.75) is 34.3 Å². The van der Waals surface area contributed by atoms with Gasteiger partial charge in [-0.05, 0) is 79.8 Å². The molecule has 6 heteroatoms. The zero-order chi connectivity index (χ0) is 22.7. The number of hydrogen-bond acceptors (Lipinski definition) is 5. The second-order valence-electron chi connectivity index (χ2n) is 7.89. The summed E-state index contributed by atoms with van der Waals surface area (Å²) < 4.78 is 11.5. The Balaban J connectivity index is 1.64. The van der Waals surface area contributed by atoms with Crippen molar-refractivity contribution in [1.29, 1.82) is 0 Å². The fraction of sp³-hybridized carbons (Fsp3) is 0.231. The summed E-state index contributed by atoms with van der Waals surface area (Å²) in [7, 11) is 0. The van der Waals surface area contributed by atoms with Crippen molar-refractivity contribution in [1.82, 2.24) is 9.97 Å². The van der Waals surface area contributed by atoms with E-state index in [1.54, 1.807) is 12.4 Å². The van der Waals surface area contributed by atoms with Crippen molar-refractivity contribution >= 4 is 11.7 Å². The molecule has 4 rings (SSSR count). The Labute approximate surface area is 187 Å². The summed E-state index contributed by atoms with van der Waals surface area (Å²) in [5.41, 5.74) is 7.32. The van der Waals surface area contributed by atoms with Crippen LogP contribution in [-0.2, 0) is 11.3 Å². The molecule has 0 saturated heterocycles. The maximum Gasteiger partial charge on any atom is 0.299 e. The van der Waals surface area contributed by atoms with Crippen LogP contribution in [0.15, 0.2) is 64.1 Å². The van der Waals surface area contributed by atoms with Gasteiger partial charge in [0.15, 0.2) is 5.76 Å². The molecule has 2 N–H and O–H groups in total. The number of oxazole rings is 1. The lowest BCUT2D eigenvalue weighted by Crippen LogP contribution is -2.09. The predicted octanol–water partition coefficient (Wildman–Crippen LogP) is 5.90. The van der Waals surface area contributed by atoms with Crippen LogP contribution in [0, 0.1) is 20.8 Å². The Hall–Kier alpha value is -3.64. The molecule has 0 aliphatic rings. The molecule has 2 aromatic heterocycles. The summed E-state index contributed by atoms with van der Waals surface area (Å²) >= 11 is 0. The first kappa shape index (κ1) is 21.6. The highest BCUT2D eigenvalue weighted by molar-refractivity contribution is 5.73. The number of aryl methyl sites for hydroxylation is 3. The predicted molar refractivity (Wildman–Crippen MR) is 127 cm³/mol. The van der Waals surface area contributed by atoms with E-state index in [1.165, 1.54) is 0 Å². The monoisotopic (exact) mass is 429 g/mol. The van der Waals surface area contributed by atoms with Gasteiger partial charge in [0.25, 0.3) is 11.6 Å². The van der Waals surface area contributed by atoms with Gasteiger partial charge >= 0.3 is 0 Å². The number of ether oxygens (including phenoxy) is 1. The summed E-state index contributed by atoms with van der Waals surface area (Å²) in [6.45, 7) is 9.18. The smallest absolute Gasteiger partial charge is 0.299 e. The van der Waals surface area contributed by atoms with Gasteiger partial charge in [-0.15, -0.1) is 0 Å². The first-order valence-corrected chi connectivity index (χ1v) is 10.7. The van der Waals surface area contributed by atoms with E-state index >= 15 is 0 Å². The summed E-state index contributed by atoms with van der Waals surface area (Å²) in [6, 6.07) is 14.4. The van der Waals surface area contributed by atoms with Gasteiger partial charge in [0, 0.05) is 29.6 Å². The van der Waals surface area contributed by atoms with Gasteiger partial charge in [-0.3, -0.25) is 4.79 Å².